The van der Waals surface area contributed by atoms with Crippen molar-refractivity contribution in [1.29, 1.82) is 0 Å². The normalized spacial score (nSPS) is 30.0. The van der Waals surface area contributed by atoms with E-state index in [9.17, 15) is 9.59 Å². The van der Waals surface area contributed by atoms with Gasteiger partial charge in [-0.2, -0.15) is 0 Å². The lowest BCUT2D eigenvalue weighted by atomic mass is 9.96. The minimum absolute atomic E-state index is 0.0868. The Morgan fingerprint density at radius 3 is 2.65 bits per heavy atom. The van der Waals surface area contributed by atoms with Crippen LogP contribution < -0.4 is 5.32 Å². The van der Waals surface area contributed by atoms with Crippen molar-refractivity contribution in [3.8, 4) is 0 Å². The van der Waals surface area contributed by atoms with Gasteiger partial charge >= 0.3 is 5.97 Å². The van der Waals surface area contributed by atoms with E-state index in [2.05, 4.69) is 5.32 Å². The molecule has 2 atom stereocenters. The molecule has 0 aliphatic carbocycles. The lowest BCUT2D eigenvalue weighted by Crippen LogP contribution is -2.52. The highest BCUT2D eigenvalue weighted by atomic mass is 16.4. The van der Waals surface area contributed by atoms with Crippen LogP contribution in [0.15, 0.2) is 0 Å². The predicted molar refractivity (Wildman–Crippen MR) is 62.6 cm³/mol. The van der Waals surface area contributed by atoms with Crippen LogP contribution in [0.4, 0.5) is 0 Å². The first-order valence-electron chi connectivity index (χ1n) is 6.43. The van der Waals surface area contributed by atoms with E-state index in [1.165, 1.54) is 0 Å². The maximum absolute atomic E-state index is 12.2. The maximum atomic E-state index is 12.2. The molecule has 5 nitrogen and oxygen atoms in total. The van der Waals surface area contributed by atoms with Crippen LogP contribution >= 0.6 is 0 Å². The maximum Gasteiger partial charge on any atom is 0.308 e. The average Bonchev–Trinajstić information content (AvgIpc) is 2.39. The second kappa shape index (κ2) is 5.49. The highest BCUT2D eigenvalue weighted by Gasteiger charge is 2.31. The molecule has 2 N–H and O–H groups in total. The number of carbonyl (C=O) groups excluding carboxylic acids is 1. The van der Waals surface area contributed by atoms with Crippen molar-refractivity contribution >= 4 is 11.9 Å². The number of nitrogens with one attached hydrogen (secondary N) is 1. The monoisotopic (exact) mass is 240 g/mol. The van der Waals surface area contributed by atoms with Gasteiger partial charge in [0.25, 0.3) is 0 Å². The number of rotatable bonds is 2. The molecule has 17 heavy (non-hydrogen) atoms. The van der Waals surface area contributed by atoms with E-state index in [4.69, 9.17) is 5.11 Å². The van der Waals surface area contributed by atoms with Crippen LogP contribution in [0.3, 0.4) is 0 Å². The Labute approximate surface area is 101 Å². The van der Waals surface area contributed by atoms with Gasteiger partial charge in [-0.3, -0.25) is 9.59 Å². The second-order valence-electron chi connectivity index (χ2n) is 4.96. The number of nitrogens with zero attached hydrogens (tertiary/aromatic N) is 1. The molecule has 0 bridgehead atoms. The van der Waals surface area contributed by atoms with Crippen molar-refractivity contribution in [2.45, 2.75) is 38.1 Å². The lowest BCUT2D eigenvalue weighted by molar-refractivity contribution is -0.146. The molecule has 2 fully saturated rings. The van der Waals surface area contributed by atoms with Crippen molar-refractivity contribution < 1.29 is 14.7 Å². The predicted octanol–water partition coefficient (Wildman–Crippen LogP) is 0.452. The quantitative estimate of drug-likeness (QED) is 0.735. The molecule has 2 aliphatic rings. The van der Waals surface area contributed by atoms with Crippen LogP contribution in [0.2, 0.25) is 0 Å². The number of amides is 1. The van der Waals surface area contributed by atoms with Gasteiger partial charge in [0.1, 0.15) is 0 Å². The number of carboxylic acid groups (broad SMARTS) is 1. The van der Waals surface area contributed by atoms with Gasteiger partial charge in [-0.25, -0.2) is 0 Å². The van der Waals surface area contributed by atoms with Gasteiger partial charge in [0, 0.05) is 13.1 Å². The molecule has 2 heterocycles. The van der Waals surface area contributed by atoms with E-state index in [1.807, 2.05) is 0 Å². The summed E-state index contributed by atoms with van der Waals surface area (Å²) >= 11 is 0. The zero-order chi connectivity index (χ0) is 12.3. The lowest BCUT2D eigenvalue weighted by Gasteiger charge is -2.34. The molecule has 2 saturated heterocycles. The SMILES string of the molecule is O=C(O)[C@@H]1CCCN(C(=O)[C@H]2CCCCN2)C1. The van der Waals surface area contributed by atoms with E-state index in [1.54, 1.807) is 4.90 Å². The van der Waals surface area contributed by atoms with Gasteiger partial charge in [0.05, 0.1) is 12.0 Å². The third-order valence-electron chi connectivity index (χ3n) is 3.69. The number of hydrogen-bond donors (Lipinski definition) is 2. The third-order valence-corrected chi connectivity index (χ3v) is 3.69. The Kier molecular flexibility index (Phi) is 3.99. The Balaban J connectivity index is 1.91. The van der Waals surface area contributed by atoms with E-state index >= 15 is 0 Å². The summed E-state index contributed by atoms with van der Waals surface area (Å²) in [6.07, 6.45) is 4.58. The van der Waals surface area contributed by atoms with Gasteiger partial charge in [-0.1, -0.05) is 6.42 Å². The molecule has 1 amide bonds. The van der Waals surface area contributed by atoms with Gasteiger partial charge in [0.15, 0.2) is 0 Å². The second-order valence-corrected chi connectivity index (χ2v) is 4.96. The van der Waals surface area contributed by atoms with Gasteiger partial charge in [-0.05, 0) is 32.2 Å². The van der Waals surface area contributed by atoms with E-state index in [0.29, 0.717) is 19.5 Å². The Morgan fingerprint density at radius 1 is 1.18 bits per heavy atom. The summed E-state index contributed by atoms with van der Waals surface area (Å²) in [5, 5.41) is 12.2. The summed E-state index contributed by atoms with van der Waals surface area (Å²) in [7, 11) is 0. The van der Waals surface area contributed by atoms with Crippen LogP contribution in [0.25, 0.3) is 0 Å². The molecule has 0 aromatic carbocycles. The molecule has 0 unspecified atom stereocenters. The first-order valence-corrected chi connectivity index (χ1v) is 6.43. The van der Waals surface area contributed by atoms with Crippen molar-refractivity contribution in [3.05, 3.63) is 0 Å². The zero-order valence-corrected chi connectivity index (χ0v) is 10.0. The van der Waals surface area contributed by atoms with Crippen LogP contribution in [-0.2, 0) is 9.59 Å². The summed E-state index contributed by atoms with van der Waals surface area (Å²) in [5.41, 5.74) is 0. The van der Waals surface area contributed by atoms with Gasteiger partial charge in [-0.15, -0.1) is 0 Å². The van der Waals surface area contributed by atoms with Crippen molar-refractivity contribution in [1.82, 2.24) is 10.2 Å². The number of carbonyl (C=O) groups is 2. The topological polar surface area (TPSA) is 69.6 Å². The number of hydrogen-bond acceptors (Lipinski definition) is 3. The minimum atomic E-state index is -0.779. The van der Waals surface area contributed by atoms with Crippen LogP contribution in [0, 0.1) is 5.92 Å². The minimum Gasteiger partial charge on any atom is -0.481 e. The van der Waals surface area contributed by atoms with Crippen molar-refractivity contribution in [3.63, 3.8) is 0 Å². The standard InChI is InChI=1S/C12H20N2O3/c15-11(10-5-1-2-6-13-10)14-7-3-4-9(8-14)12(16)17/h9-10,13H,1-8H2,(H,16,17)/t9-,10-/m1/s1. The smallest absolute Gasteiger partial charge is 0.308 e. The summed E-state index contributed by atoms with van der Waals surface area (Å²) in [5.74, 6) is -1.06. The molecule has 2 aliphatic heterocycles. The number of carboxylic acids is 1. The molecule has 2 rings (SSSR count). The first kappa shape index (κ1) is 12.4. The molecule has 0 aromatic rings. The van der Waals surface area contributed by atoms with Gasteiger partial charge < -0.3 is 15.3 Å². The fourth-order valence-corrected chi connectivity index (χ4v) is 2.66. The van der Waals surface area contributed by atoms with Crippen LogP contribution in [0.1, 0.15) is 32.1 Å². The molecule has 96 valence electrons. The molecule has 0 spiro atoms. The van der Waals surface area contributed by atoms with E-state index < -0.39 is 5.97 Å². The first-order chi connectivity index (χ1) is 8.18. The summed E-state index contributed by atoms with van der Waals surface area (Å²) < 4.78 is 0. The average molecular weight is 240 g/mol. The molecule has 5 heteroatoms. The van der Waals surface area contributed by atoms with Crippen LogP contribution in [-0.4, -0.2) is 47.6 Å². The van der Waals surface area contributed by atoms with E-state index in [0.717, 1.165) is 32.2 Å². The Hall–Kier alpha value is -1.10. The zero-order valence-electron chi connectivity index (χ0n) is 10.0. The summed E-state index contributed by atoms with van der Waals surface area (Å²) in [6.45, 7) is 1.99. The molecular weight excluding hydrogens is 220 g/mol. The molecule has 0 radical (unpaired) electrons. The third kappa shape index (κ3) is 2.97. The number of aliphatic carboxylic acids is 1. The fraction of sp³-hybridized carbons (Fsp3) is 0.833. The van der Waals surface area contributed by atoms with Crippen molar-refractivity contribution in [2.75, 3.05) is 19.6 Å². The Bertz CT molecular complexity index is 300. The van der Waals surface area contributed by atoms with E-state index in [-0.39, 0.29) is 17.9 Å². The molecule has 0 saturated carbocycles. The molecular formula is C12H20N2O3. The largest absolute Gasteiger partial charge is 0.481 e. The Morgan fingerprint density at radius 2 is 2.00 bits per heavy atom. The fourth-order valence-electron chi connectivity index (χ4n) is 2.66. The summed E-state index contributed by atoms with van der Waals surface area (Å²) in [4.78, 5) is 24.9. The summed E-state index contributed by atoms with van der Waals surface area (Å²) in [6, 6.07) is -0.0868. The number of likely N-dealkylation sites (tertiary alicyclic amines) is 1. The van der Waals surface area contributed by atoms with Crippen molar-refractivity contribution in [2.24, 2.45) is 5.92 Å². The highest BCUT2D eigenvalue weighted by Crippen LogP contribution is 2.19. The molecule has 0 aromatic heterocycles. The van der Waals surface area contributed by atoms with Gasteiger partial charge in [0.2, 0.25) is 5.91 Å². The number of piperidine rings is 2. The van der Waals surface area contributed by atoms with Crippen LogP contribution in [0.5, 0.6) is 0 Å². The highest BCUT2D eigenvalue weighted by molar-refractivity contribution is 5.83.